The zero-order valence-corrected chi connectivity index (χ0v) is 10.4. The summed E-state index contributed by atoms with van der Waals surface area (Å²) in [5, 5.41) is 0. The second-order valence-corrected chi connectivity index (χ2v) is 4.96. The topological polar surface area (TPSA) is 47.3 Å². The van der Waals surface area contributed by atoms with Crippen LogP contribution in [0.4, 0.5) is 0 Å². The number of Topliss-reactive ketones (excluding diaryl/α,β-unsaturated/α-hetero) is 2. The molecule has 1 aliphatic rings. The molecule has 0 spiro atoms. The van der Waals surface area contributed by atoms with Gasteiger partial charge in [-0.05, 0) is 25.3 Å². The Morgan fingerprint density at radius 1 is 1.41 bits per heavy atom. The average molecular weight is 234 g/mol. The van der Waals surface area contributed by atoms with Gasteiger partial charge in [-0.1, -0.05) is 6.92 Å². The van der Waals surface area contributed by atoms with Crippen molar-refractivity contribution < 1.29 is 14.0 Å². The summed E-state index contributed by atoms with van der Waals surface area (Å²) < 4.78 is 5.21. The van der Waals surface area contributed by atoms with E-state index in [1.54, 1.807) is 12.5 Å². The molecule has 1 atom stereocenters. The number of hydrogen-bond acceptors (Lipinski definition) is 3. The molecule has 0 aliphatic heterocycles. The van der Waals surface area contributed by atoms with Crippen molar-refractivity contribution in [2.24, 2.45) is 0 Å². The van der Waals surface area contributed by atoms with Crippen molar-refractivity contribution in [3.63, 3.8) is 0 Å². The van der Waals surface area contributed by atoms with Crippen molar-refractivity contribution in [3.05, 3.63) is 23.7 Å². The normalized spacial score (nSPS) is 23.5. The van der Waals surface area contributed by atoms with Crippen molar-refractivity contribution in [2.45, 2.75) is 51.4 Å². The molecule has 0 saturated heterocycles. The van der Waals surface area contributed by atoms with E-state index in [0.29, 0.717) is 25.7 Å². The van der Waals surface area contributed by atoms with E-state index in [9.17, 15) is 9.59 Å². The number of fused-ring (bicyclic) bond motifs is 1. The SMILES string of the molecule is CCC(=O)CCC1(C)C(=O)CCc2cocc21. The molecule has 1 aromatic heterocycles. The Labute approximate surface area is 101 Å². The third kappa shape index (κ3) is 2.06. The van der Waals surface area contributed by atoms with Gasteiger partial charge in [0, 0.05) is 24.8 Å². The largest absolute Gasteiger partial charge is 0.472 e. The molecule has 0 N–H and O–H groups in total. The van der Waals surface area contributed by atoms with Gasteiger partial charge in [-0.15, -0.1) is 0 Å². The second-order valence-electron chi connectivity index (χ2n) is 4.96. The molecular formula is C14H18O3. The number of aryl methyl sites for hydroxylation is 1. The van der Waals surface area contributed by atoms with Gasteiger partial charge in [0.25, 0.3) is 0 Å². The summed E-state index contributed by atoms with van der Waals surface area (Å²) in [7, 11) is 0. The van der Waals surface area contributed by atoms with Crippen LogP contribution in [0.3, 0.4) is 0 Å². The van der Waals surface area contributed by atoms with Crippen LogP contribution >= 0.6 is 0 Å². The highest BCUT2D eigenvalue weighted by molar-refractivity contribution is 5.92. The first kappa shape index (κ1) is 12.1. The summed E-state index contributed by atoms with van der Waals surface area (Å²) in [6.45, 7) is 3.79. The van der Waals surface area contributed by atoms with E-state index >= 15 is 0 Å². The Balaban J connectivity index is 2.23. The van der Waals surface area contributed by atoms with Crippen molar-refractivity contribution in [3.8, 4) is 0 Å². The summed E-state index contributed by atoms with van der Waals surface area (Å²) in [4.78, 5) is 23.5. The zero-order valence-electron chi connectivity index (χ0n) is 10.4. The molecule has 92 valence electrons. The van der Waals surface area contributed by atoms with Gasteiger partial charge in [0.1, 0.15) is 11.6 Å². The molecule has 0 bridgehead atoms. The first-order chi connectivity index (χ1) is 8.08. The molecule has 1 unspecified atom stereocenters. The lowest BCUT2D eigenvalue weighted by Crippen LogP contribution is -2.37. The maximum absolute atomic E-state index is 12.1. The number of hydrogen-bond donors (Lipinski definition) is 0. The number of rotatable bonds is 4. The first-order valence-corrected chi connectivity index (χ1v) is 6.18. The number of carbonyl (C=O) groups is 2. The summed E-state index contributed by atoms with van der Waals surface area (Å²) in [5.74, 6) is 0.449. The fourth-order valence-corrected chi connectivity index (χ4v) is 2.52. The molecule has 1 aliphatic carbocycles. The van der Waals surface area contributed by atoms with Crippen LogP contribution in [-0.4, -0.2) is 11.6 Å². The molecule has 1 heterocycles. The second kappa shape index (κ2) is 4.47. The molecule has 0 saturated carbocycles. The lowest BCUT2D eigenvalue weighted by molar-refractivity contribution is -0.125. The van der Waals surface area contributed by atoms with E-state index in [1.807, 2.05) is 13.8 Å². The molecule has 3 heteroatoms. The van der Waals surface area contributed by atoms with Gasteiger partial charge in [0.05, 0.1) is 17.9 Å². The maximum Gasteiger partial charge on any atom is 0.143 e. The summed E-state index contributed by atoms with van der Waals surface area (Å²) in [6, 6.07) is 0. The Morgan fingerprint density at radius 2 is 2.18 bits per heavy atom. The van der Waals surface area contributed by atoms with Crippen LogP contribution in [0.2, 0.25) is 0 Å². The van der Waals surface area contributed by atoms with Crippen molar-refractivity contribution in [2.75, 3.05) is 0 Å². The maximum atomic E-state index is 12.1. The minimum atomic E-state index is -0.522. The molecule has 0 amide bonds. The van der Waals surface area contributed by atoms with E-state index < -0.39 is 5.41 Å². The van der Waals surface area contributed by atoms with E-state index in [0.717, 1.165) is 17.5 Å². The minimum Gasteiger partial charge on any atom is -0.472 e. The molecule has 0 radical (unpaired) electrons. The molecule has 0 aromatic carbocycles. The van der Waals surface area contributed by atoms with Crippen molar-refractivity contribution >= 4 is 11.6 Å². The van der Waals surface area contributed by atoms with Gasteiger partial charge in [-0.25, -0.2) is 0 Å². The molecule has 2 rings (SSSR count). The van der Waals surface area contributed by atoms with Crippen LogP contribution in [0, 0.1) is 0 Å². The third-order valence-electron chi connectivity index (χ3n) is 3.87. The highest BCUT2D eigenvalue weighted by atomic mass is 16.3. The van der Waals surface area contributed by atoms with Crippen LogP contribution in [0.5, 0.6) is 0 Å². The Kier molecular flexibility index (Phi) is 3.18. The zero-order chi connectivity index (χ0) is 12.5. The highest BCUT2D eigenvalue weighted by Gasteiger charge is 2.40. The fourth-order valence-electron chi connectivity index (χ4n) is 2.52. The molecule has 3 nitrogen and oxygen atoms in total. The van der Waals surface area contributed by atoms with E-state index in [2.05, 4.69) is 0 Å². The molecular weight excluding hydrogens is 216 g/mol. The fraction of sp³-hybridized carbons (Fsp3) is 0.571. The minimum absolute atomic E-state index is 0.217. The van der Waals surface area contributed by atoms with Gasteiger partial charge in [0.15, 0.2) is 0 Å². The predicted octanol–water partition coefficient (Wildman–Crippen LogP) is 2.81. The van der Waals surface area contributed by atoms with Crippen LogP contribution in [0.15, 0.2) is 16.9 Å². The molecule has 0 fully saturated rings. The molecule has 17 heavy (non-hydrogen) atoms. The summed E-state index contributed by atoms with van der Waals surface area (Å²) in [6.07, 6.45) is 6.34. The number of ketones is 2. The van der Waals surface area contributed by atoms with Crippen LogP contribution in [-0.2, 0) is 21.4 Å². The predicted molar refractivity (Wildman–Crippen MR) is 63.9 cm³/mol. The van der Waals surface area contributed by atoms with Gasteiger partial charge in [-0.3, -0.25) is 9.59 Å². The Morgan fingerprint density at radius 3 is 2.88 bits per heavy atom. The number of furan rings is 1. The Hall–Kier alpha value is -1.38. The van der Waals surface area contributed by atoms with Gasteiger partial charge >= 0.3 is 0 Å². The summed E-state index contributed by atoms with van der Waals surface area (Å²) >= 11 is 0. The van der Waals surface area contributed by atoms with E-state index in [-0.39, 0.29) is 11.6 Å². The van der Waals surface area contributed by atoms with Crippen LogP contribution < -0.4 is 0 Å². The van der Waals surface area contributed by atoms with E-state index in [1.165, 1.54) is 0 Å². The van der Waals surface area contributed by atoms with Crippen molar-refractivity contribution in [1.82, 2.24) is 0 Å². The standard InChI is InChI=1S/C14H18O3/c1-3-11(15)6-7-14(2)12-9-17-8-10(12)4-5-13(14)16/h8-9H,3-7H2,1-2H3. The van der Waals surface area contributed by atoms with Gasteiger partial charge in [-0.2, -0.15) is 0 Å². The lowest BCUT2D eigenvalue weighted by Gasteiger charge is -2.31. The average Bonchev–Trinajstić information content (AvgIpc) is 2.80. The molecule has 1 aromatic rings. The van der Waals surface area contributed by atoms with Crippen LogP contribution in [0.1, 0.15) is 50.7 Å². The monoisotopic (exact) mass is 234 g/mol. The smallest absolute Gasteiger partial charge is 0.143 e. The van der Waals surface area contributed by atoms with Crippen LogP contribution in [0.25, 0.3) is 0 Å². The number of carbonyl (C=O) groups excluding carboxylic acids is 2. The Bertz CT molecular complexity index is 444. The van der Waals surface area contributed by atoms with E-state index in [4.69, 9.17) is 4.42 Å². The third-order valence-corrected chi connectivity index (χ3v) is 3.87. The first-order valence-electron chi connectivity index (χ1n) is 6.18. The van der Waals surface area contributed by atoms with Gasteiger partial charge in [0.2, 0.25) is 0 Å². The highest BCUT2D eigenvalue weighted by Crippen LogP contribution is 2.38. The quantitative estimate of drug-likeness (QED) is 0.804. The van der Waals surface area contributed by atoms with Crippen molar-refractivity contribution in [1.29, 1.82) is 0 Å². The van der Waals surface area contributed by atoms with Gasteiger partial charge < -0.3 is 4.42 Å². The summed E-state index contributed by atoms with van der Waals surface area (Å²) in [5.41, 5.74) is 1.58. The lowest BCUT2D eigenvalue weighted by atomic mass is 9.69.